The van der Waals surface area contributed by atoms with Gasteiger partial charge in [0, 0.05) is 0 Å². The Morgan fingerprint density at radius 1 is 1.35 bits per heavy atom. The van der Waals surface area contributed by atoms with Gasteiger partial charge in [-0.1, -0.05) is 12.1 Å². The van der Waals surface area contributed by atoms with Crippen molar-refractivity contribution in [3.05, 3.63) is 11.7 Å². The highest BCUT2D eigenvalue weighted by Crippen LogP contribution is 2.39. The van der Waals surface area contributed by atoms with Gasteiger partial charge in [-0.25, -0.2) is 0 Å². The second-order valence-corrected chi connectivity index (χ2v) is 6.35. The van der Waals surface area contributed by atoms with Crippen LogP contribution in [0.2, 0.25) is 0 Å². The molecule has 3 heterocycles. The van der Waals surface area contributed by atoms with Gasteiger partial charge in [0.05, 0.1) is 11.3 Å². The summed E-state index contributed by atoms with van der Waals surface area (Å²) in [5.41, 5.74) is 0. The van der Waals surface area contributed by atoms with Gasteiger partial charge in [-0.15, -0.1) is 0 Å². The summed E-state index contributed by atoms with van der Waals surface area (Å²) < 4.78 is 5.45. The lowest BCUT2D eigenvalue weighted by Gasteiger charge is -2.26. The molecule has 1 aromatic rings. The van der Waals surface area contributed by atoms with E-state index in [4.69, 9.17) is 4.52 Å². The van der Waals surface area contributed by atoms with E-state index in [-0.39, 0.29) is 6.04 Å². The monoisotopic (exact) mass is 253 g/mol. The fourth-order valence-electron chi connectivity index (χ4n) is 2.67. The first kappa shape index (κ1) is 11.5. The highest BCUT2D eigenvalue weighted by molar-refractivity contribution is 7.99. The molecule has 2 aliphatic rings. The van der Waals surface area contributed by atoms with E-state index in [2.05, 4.69) is 22.4 Å². The third kappa shape index (κ3) is 2.36. The minimum absolute atomic E-state index is 0.261. The lowest BCUT2D eigenvalue weighted by Crippen LogP contribution is -2.33. The second-order valence-electron chi connectivity index (χ2n) is 5.04. The molecule has 4 nitrogen and oxygen atoms in total. The summed E-state index contributed by atoms with van der Waals surface area (Å²) in [5, 5.41) is 8.11. The Kier molecular flexibility index (Phi) is 3.38. The molecule has 3 unspecified atom stereocenters. The molecule has 3 rings (SSSR count). The Morgan fingerprint density at radius 3 is 3.06 bits per heavy atom. The molecule has 3 atom stereocenters. The molecule has 0 aromatic carbocycles. The van der Waals surface area contributed by atoms with Crippen LogP contribution < -0.4 is 5.32 Å². The van der Waals surface area contributed by atoms with Crippen molar-refractivity contribution >= 4 is 11.8 Å². The predicted molar refractivity (Wildman–Crippen MR) is 67.9 cm³/mol. The third-order valence-electron chi connectivity index (χ3n) is 3.71. The van der Waals surface area contributed by atoms with E-state index in [1.165, 1.54) is 31.4 Å². The number of rotatable bonds is 2. The molecule has 0 bridgehead atoms. The summed E-state index contributed by atoms with van der Waals surface area (Å²) in [7, 11) is 0. The molecule has 0 amide bonds. The molecule has 94 valence electrons. The van der Waals surface area contributed by atoms with Crippen molar-refractivity contribution in [2.45, 2.75) is 43.9 Å². The lowest BCUT2D eigenvalue weighted by atomic mass is 9.93. The zero-order valence-corrected chi connectivity index (χ0v) is 11.0. The Bertz CT molecular complexity index is 376. The first-order valence-electron chi connectivity index (χ1n) is 6.53. The van der Waals surface area contributed by atoms with E-state index in [9.17, 15) is 0 Å². The van der Waals surface area contributed by atoms with Crippen LogP contribution in [0.1, 0.15) is 55.6 Å². The zero-order chi connectivity index (χ0) is 11.7. The number of nitrogens with zero attached hydrogens (tertiary/aromatic N) is 2. The van der Waals surface area contributed by atoms with Gasteiger partial charge in [0.15, 0.2) is 5.82 Å². The first-order chi connectivity index (χ1) is 8.34. The Hall–Kier alpha value is -0.550. The van der Waals surface area contributed by atoms with Crippen LogP contribution in [0.15, 0.2) is 4.52 Å². The summed E-state index contributed by atoms with van der Waals surface area (Å²) in [6.07, 6.45) is 4.96. The highest BCUT2D eigenvalue weighted by Gasteiger charge is 2.29. The van der Waals surface area contributed by atoms with Crippen molar-refractivity contribution in [1.82, 2.24) is 15.5 Å². The number of hydrogen-bond donors (Lipinski definition) is 1. The van der Waals surface area contributed by atoms with Crippen LogP contribution in [-0.4, -0.2) is 22.4 Å². The van der Waals surface area contributed by atoms with Crippen molar-refractivity contribution in [2.75, 3.05) is 12.3 Å². The van der Waals surface area contributed by atoms with Gasteiger partial charge in [-0.3, -0.25) is 0 Å². The molecule has 5 heteroatoms. The van der Waals surface area contributed by atoms with Crippen molar-refractivity contribution in [2.24, 2.45) is 5.92 Å². The SMILES string of the molecule is CC1CCCNC1c1nc(C2CCCS2)no1. The quantitative estimate of drug-likeness (QED) is 0.878. The van der Waals surface area contributed by atoms with Crippen LogP contribution >= 0.6 is 11.8 Å². The topological polar surface area (TPSA) is 51.0 Å². The highest BCUT2D eigenvalue weighted by atomic mass is 32.2. The predicted octanol–water partition coefficient (Wildman–Crippen LogP) is 2.70. The Labute approximate surface area is 106 Å². The number of hydrogen-bond acceptors (Lipinski definition) is 5. The van der Waals surface area contributed by atoms with Gasteiger partial charge < -0.3 is 9.84 Å². The van der Waals surface area contributed by atoms with Crippen LogP contribution in [0, 0.1) is 5.92 Å². The van der Waals surface area contributed by atoms with E-state index >= 15 is 0 Å². The average Bonchev–Trinajstić information content (AvgIpc) is 3.00. The maximum atomic E-state index is 5.45. The van der Waals surface area contributed by atoms with Gasteiger partial charge in [-0.05, 0) is 43.9 Å². The van der Waals surface area contributed by atoms with Crippen molar-refractivity contribution < 1.29 is 4.52 Å². The average molecular weight is 253 g/mol. The van der Waals surface area contributed by atoms with Gasteiger partial charge in [0.25, 0.3) is 0 Å². The molecule has 0 aliphatic carbocycles. The Morgan fingerprint density at radius 2 is 2.29 bits per heavy atom. The second kappa shape index (κ2) is 4.98. The van der Waals surface area contributed by atoms with E-state index in [1.54, 1.807) is 0 Å². The van der Waals surface area contributed by atoms with Crippen LogP contribution in [0.3, 0.4) is 0 Å². The summed E-state index contributed by atoms with van der Waals surface area (Å²) >= 11 is 1.95. The molecule has 2 fully saturated rings. The maximum absolute atomic E-state index is 5.45. The van der Waals surface area contributed by atoms with Crippen molar-refractivity contribution in [3.8, 4) is 0 Å². The van der Waals surface area contributed by atoms with Crippen LogP contribution in [0.5, 0.6) is 0 Å². The normalized spacial score (nSPS) is 34.1. The molecule has 1 aromatic heterocycles. The summed E-state index contributed by atoms with van der Waals surface area (Å²) in [4.78, 5) is 4.61. The van der Waals surface area contributed by atoms with Crippen molar-refractivity contribution in [3.63, 3.8) is 0 Å². The van der Waals surface area contributed by atoms with Gasteiger partial charge in [0.1, 0.15) is 0 Å². The third-order valence-corrected chi connectivity index (χ3v) is 5.08. The van der Waals surface area contributed by atoms with E-state index in [0.29, 0.717) is 11.2 Å². The molecular formula is C12H19N3OS. The van der Waals surface area contributed by atoms with Crippen molar-refractivity contribution in [1.29, 1.82) is 0 Å². The molecule has 0 radical (unpaired) electrons. The standard InChI is InChI=1S/C12H19N3OS/c1-8-4-2-6-13-10(8)12-14-11(15-16-12)9-5-3-7-17-9/h8-10,13H,2-7H2,1H3. The summed E-state index contributed by atoms with van der Waals surface area (Å²) in [6, 6.07) is 0.261. The van der Waals surface area contributed by atoms with Gasteiger partial charge in [0.2, 0.25) is 5.89 Å². The summed E-state index contributed by atoms with van der Waals surface area (Å²) in [6.45, 7) is 3.32. The minimum atomic E-state index is 0.261. The van der Waals surface area contributed by atoms with Gasteiger partial charge in [-0.2, -0.15) is 16.7 Å². The number of thioether (sulfide) groups is 1. The van der Waals surface area contributed by atoms with E-state index in [1.807, 2.05) is 11.8 Å². The number of nitrogens with one attached hydrogen (secondary N) is 1. The smallest absolute Gasteiger partial charge is 0.244 e. The zero-order valence-electron chi connectivity index (χ0n) is 10.2. The first-order valence-corrected chi connectivity index (χ1v) is 7.58. The molecule has 2 aliphatic heterocycles. The number of aromatic nitrogens is 2. The maximum Gasteiger partial charge on any atom is 0.244 e. The Balaban J connectivity index is 1.74. The van der Waals surface area contributed by atoms with Gasteiger partial charge >= 0.3 is 0 Å². The molecule has 1 N–H and O–H groups in total. The van der Waals surface area contributed by atoms with Crippen LogP contribution in [0.4, 0.5) is 0 Å². The lowest BCUT2D eigenvalue weighted by molar-refractivity contribution is 0.239. The molecule has 2 saturated heterocycles. The van der Waals surface area contributed by atoms with Crippen LogP contribution in [-0.2, 0) is 0 Å². The van der Waals surface area contributed by atoms with E-state index in [0.717, 1.165) is 18.3 Å². The largest absolute Gasteiger partial charge is 0.338 e. The minimum Gasteiger partial charge on any atom is -0.338 e. The van der Waals surface area contributed by atoms with Crippen LogP contribution in [0.25, 0.3) is 0 Å². The fraction of sp³-hybridized carbons (Fsp3) is 0.833. The summed E-state index contributed by atoms with van der Waals surface area (Å²) in [5.74, 6) is 3.52. The van der Waals surface area contributed by atoms with E-state index < -0.39 is 0 Å². The fourth-order valence-corrected chi connectivity index (χ4v) is 3.86. The molecule has 17 heavy (non-hydrogen) atoms. The molecule has 0 saturated carbocycles. The molecular weight excluding hydrogens is 234 g/mol. The number of piperidine rings is 1. The molecule has 0 spiro atoms.